The van der Waals surface area contributed by atoms with Crippen molar-refractivity contribution in [3.8, 4) is 0 Å². The lowest BCUT2D eigenvalue weighted by atomic mass is 9.86. The third-order valence-electron chi connectivity index (χ3n) is 6.99. The standard InChI is InChI=1S/C24H26F2N4O3S/c1-13(21(32)29-23-28-19-8-14-3-2-4-15(14)9-20(19)34-23)30-6-5-24(25,26)18(11-30)16-7-17(12-31)22(33)27-10-16/h7-10,13,18,31H,2-6,11-12H2,1H3,(H,27,33)(H,28,29,32)/t13-,18?/m0/s1. The zero-order valence-electron chi connectivity index (χ0n) is 18.7. The van der Waals surface area contributed by atoms with Crippen LogP contribution in [0.1, 0.15) is 47.9 Å². The molecule has 2 aliphatic rings. The molecule has 3 N–H and O–H groups in total. The summed E-state index contributed by atoms with van der Waals surface area (Å²) in [5.41, 5.74) is 3.30. The highest BCUT2D eigenvalue weighted by molar-refractivity contribution is 7.22. The van der Waals surface area contributed by atoms with Crippen LogP contribution < -0.4 is 10.9 Å². The van der Waals surface area contributed by atoms with Crippen LogP contribution in [-0.2, 0) is 24.2 Å². The number of thiazole rings is 1. The lowest BCUT2D eigenvalue weighted by Crippen LogP contribution is -2.52. The van der Waals surface area contributed by atoms with Gasteiger partial charge in [-0.3, -0.25) is 14.5 Å². The van der Waals surface area contributed by atoms with Crippen LogP contribution in [0, 0.1) is 0 Å². The van der Waals surface area contributed by atoms with E-state index >= 15 is 0 Å². The monoisotopic (exact) mass is 488 g/mol. The predicted octanol–water partition coefficient (Wildman–Crippen LogP) is 3.42. The number of carbonyl (C=O) groups is 1. The number of nitrogens with zero attached hydrogens (tertiary/aromatic N) is 2. The molecule has 5 rings (SSSR count). The molecule has 180 valence electrons. The first-order valence-electron chi connectivity index (χ1n) is 11.4. The van der Waals surface area contributed by atoms with E-state index in [1.165, 1.54) is 34.7 Å². The lowest BCUT2D eigenvalue weighted by molar-refractivity contribution is -0.125. The van der Waals surface area contributed by atoms with Gasteiger partial charge in [-0.1, -0.05) is 11.3 Å². The van der Waals surface area contributed by atoms with Gasteiger partial charge in [0.25, 0.3) is 11.5 Å². The number of hydrogen-bond donors (Lipinski definition) is 3. The fourth-order valence-electron chi connectivity index (χ4n) is 4.92. The predicted molar refractivity (Wildman–Crippen MR) is 127 cm³/mol. The lowest BCUT2D eigenvalue weighted by Gasteiger charge is -2.40. The molecule has 0 saturated carbocycles. The fourth-order valence-corrected chi connectivity index (χ4v) is 5.83. The number of likely N-dealkylation sites (tertiary alicyclic amines) is 1. The summed E-state index contributed by atoms with van der Waals surface area (Å²) in [6.07, 6.45) is 4.14. The number of amides is 1. The van der Waals surface area contributed by atoms with Gasteiger partial charge in [0.2, 0.25) is 5.91 Å². The molecule has 1 saturated heterocycles. The summed E-state index contributed by atoms with van der Waals surface area (Å²) in [5.74, 6) is -4.50. The molecule has 3 aromatic rings. The average molecular weight is 489 g/mol. The van der Waals surface area contributed by atoms with Crippen LogP contribution in [0.2, 0.25) is 0 Å². The third kappa shape index (κ3) is 4.25. The molecule has 3 heterocycles. The van der Waals surface area contributed by atoms with Crippen LogP contribution in [-0.4, -0.2) is 50.9 Å². The fraction of sp³-hybridized carbons (Fsp3) is 0.458. The smallest absolute Gasteiger partial charge is 0.257 e. The number of aliphatic hydroxyl groups excluding tert-OH is 1. The second-order valence-electron chi connectivity index (χ2n) is 9.13. The maximum atomic E-state index is 14.8. The van der Waals surface area contributed by atoms with Gasteiger partial charge in [-0.25, -0.2) is 13.8 Å². The molecule has 0 bridgehead atoms. The van der Waals surface area contributed by atoms with E-state index in [9.17, 15) is 23.5 Å². The summed E-state index contributed by atoms with van der Waals surface area (Å²) in [6.45, 7) is 1.19. The van der Waals surface area contributed by atoms with Gasteiger partial charge in [0, 0.05) is 31.3 Å². The highest BCUT2D eigenvalue weighted by Crippen LogP contribution is 2.41. The van der Waals surface area contributed by atoms with Crippen LogP contribution in [0.5, 0.6) is 0 Å². The number of nitrogens with one attached hydrogen (secondary N) is 2. The molecule has 34 heavy (non-hydrogen) atoms. The quantitative estimate of drug-likeness (QED) is 0.511. The van der Waals surface area contributed by atoms with E-state index in [0.29, 0.717) is 5.13 Å². The Balaban J connectivity index is 1.32. The van der Waals surface area contributed by atoms with Crippen molar-refractivity contribution in [2.75, 3.05) is 18.4 Å². The number of aliphatic hydroxyl groups is 1. The van der Waals surface area contributed by atoms with E-state index in [4.69, 9.17) is 0 Å². The summed E-state index contributed by atoms with van der Waals surface area (Å²) in [5, 5.41) is 12.7. The molecule has 2 atom stereocenters. The topological polar surface area (TPSA) is 98.3 Å². The second kappa shape index (κ2) is 8.83. The van der Waals surface area contributed by atoms with Crippen molar-refractivity contribution in [2.45, 2.75) is 57.1 Å². The van der Waals surface area contributed by atoms with Gasteiger partial charge < -0.3 is 15.4 Å². The normalized spacial score (nSPS) is 20.9. The maximum Gasteiger partial charge on any atom is 0.257 e. The van der Waals surface area contributed by atoms with Crippen molar-refractivity contribution in [1.82, 2.24) is 14.9 Å². The molecule has 10 heteroatoms. The number of alkyl halides is 2. The molecule has 1 unspecified atom stereocenters. The van der Waals surface area contributed by atoms with E-state index in [-0.39, 0.29) is 30.1 Å². The van der Waals surface area contributed by atoms with Crippen LogP contribution in [0.4, 0.5) is 13.9 Å². The minimum Gasteiger partial charge on any atom is -0.391 e. The van der Waals surface area contributed by atoms with Crippen LogP contribution in [0.15, 0.2) is 29.2 Å². The van der Waals surface area contributed by atoms with Gasteiger partial charge in [-0.2, -0.15) is 0 Å². The van der Waals surface area contributed by atoms with Gasteiger partial charge in [-0.15, -0.1) is 0 Å². The largest absolute Gasteiger partial charge is 0.391 e. The molecular weight excluding hydrogens is 462 g/mol. The van der Waals surface area contributed by atoms with Crippen molar-refractivity contribution in [3.63, 3.8) is 0 Å². The number of piperidine rings is 1. The Morgan fingerprint density at radius 1 is 1.35 bits per heavy atom. The Kier molecular flexibility index (Phi) is 5.99. The van der Waals surface area contributed by atoms with Crippen molar-refractivity contribution in [1.29, 1.82) is 0 Å². The number of rotatable bonds is 5. The number of fused-ring (bicyclic) bond motifs is 2. The molecule has 1 fully saturated rings. The Bertz CT molecular complexity index is 1260. The van der Waals surface area contributed by atoms with Gasteiger partial charge in [0.15, 0.2) is 5.13 Å². The molecule has 1 aromatic carbocycles. The highest BCUT2D eigenvalue weighted by Gasteiger charge is 2.46. The molecule has 2 aromatic heterocycles. The molecule has 1 aliphatic carbocycles. The number of carbonyl (C=O) groups excluding carboxylic acids is 1. The summed E-state index contributed by atoms with van der Waals surface area (Å²) in [6, 6.07) is 4.92. The molecular formula is C24H26F2N4O3S. The molecule has 0 spiro atoms. The van der Waals surface area contributed by atoms with Gasteiger partial charge in [0.1, 0.15) is 0 Å². The number of hydrogen-bond acceptors (Lipinski definition) is 6. The molecule has 1 amide bonds. The van der Waals surface area contributed by atoms with Crippen molar-refractivity contribution < 1.29 is 18.7 Å². The third-order valence-corrected chi connectivity index (χ3v) is 7.93. The van der Waals surface area contributed by atoms with Crippen LogP contribution >= 0.6 is 11.3 Å². The number of aromatic amines is 1. The van der Waals surface area contributed by atoms with E-state index in [1.54, 1.807) is 11.8 Å². The van der Waals surface area contributed by atoms with Crippen LogP contribution in [0.3, 0.4) is 0 Å². The second-order valence-corrected chi connectivity index (χ2v) is 10.2. The van der Waals surface area contributed by atoms with Gasteiger partial charge in [0.05, 0.1) is 28.8 Å². The molecule has 1 aliphatic heterocycles. The van der Waals surface area contributed by atoms with Crippen molar-refractivity contribution >= 4 is 32.6 Å². The van der Waals surface area contributed by atoms with E-state index in [1.807, 2.05) is 0 Å². The van der Waals surface area contributed by atoms with Crippen molar-refractivity contribution in [2.24, 2.45) is 0 Å². The summed E-state index contributed by atoms with van der Waals surface area (Å²) >= 11 is 1.42. The Morgan fingerprint density at radius 2 is 2.12 bits per heavy atom. The van der Waals surface area contributed by atoms with E-state index < -0.39 is 36.5 Å². The first-order valence-corrected chi connectivity index (χ1v) is 12.2. The van der Waals surface area contributed by atoms with Gasteiger partial charge >= 0.3 is 0 Å². The Labute approximate surface area is 198 Å². The number of anilines is 1. The Hall–Kier alpha value is -2.69. The van der Waals surface area contributed by atoms with Gasteiger partial charge in [-0.05, 0) is 61.1 Å². The first kappa shape index (κ1) is 23.1. The minimum atomic E-state index is -2.99. The summed E-state index contributed by atoms with van der Waals surface area (Å²) in [7, 11) is 0. The Morgan fingerprint density at radius 3 is 2.88 bits per heavy atom. The highest BCUT2D eigenvalue weighted by atomic mass is 32.1. The summed E-state index contributed by atoms with van der Waals surface area (Å²) in [4.78, 5) is 33.4. The SMILES string of the molecule is C[C@@H](C(=O)Nc1nc2cc3c(cc2s1)CCC3)N1CCC(F)(F)C(c2c[nH]c(=O)c(CO)c2)C1. The number of aryl methyl sites for hydroxylation is 2. The first-order chi connectivity index (χ1) is 16.2. The molecule has 0 radical (unpaired) electrons. The number of pyridine rings is 1. The summed E-state index contributed by atoms with van der Waals surface area (Å²) < 4.78 is 30.6. The number of H-pyrrole nitrogens is 1. The molecule has 7 nitrogen and oxygen atoms in total. The number of halogens is 2. The van der Waals surface area contributed by atoms with E-state index in [2.05, 4.69) is 27.4 Å². The zero-order valence-corrected chi connectivity index (χ0v) is 19.6. The maximum absolute atomic E-state index is 14.8. The minimum absolute atomic E-state index is 0.0398. The average Bonchev–Trinajstić information content (AvgIpc) is 3.42. The van der Waals surface area contributed by atoms with E-state index in [0.717, 1.165) is 29.5 Å². The number of aromatic nitrogens is 2. The van der Waals surface area contributed by atoms with Crippen LogP contribution in [0.25, 0.3) is 10.2 Å². The zero-order chi connectivity index (χ0) is 24.0. The van der Waals surface area contributed by atoms with Crippen molar-refractivity contribution in [3.05, 3.63) is 57.0 Å². The number of benzene rings is 1.